The summed E-state index contributed by atoms with van der Waals surface area (Å²) in [7, 11) is 1.59. The number of aromatic nitrogens is 1. The number of aliphatic hydroxyl groups is 1. The molecule has 2 aromatic heterocycles. The van der Waals surface area contributed by atoms with Crippen LogP contribution in [0.1, 0.15) is 28.1 Å². The zero-order valence-corrected chi connectivity index (χ0v) is 13.9. The Bertz CT molecular complexity index is 837. The molecule has 0 bridgehead atoms. The van der Waals surface area contributed by atoms with Gasteiger partial charge in [-0.2, -0.15) is 0 Å². The quantitative estimate of drug-likeness (QED) is 0.715. The number of nitrogens with one attached hydrogen (secondary N) is 1. The fourth-order valence-electron chi connectivity index (χ4n) is 2.32. The van der Waals surface area contributed by atoms with Crippen molar-refractivity contribution in [2.75, 3.05) is 13.7 Å². The van der Waals surface area contributed by atoms with Gasteiger partial charge < -0.3 is 24.0 Å². The molecule has 25 heavy (non-hydrogen) atoms. The van der Waals surface area contributed by atoms with Crippen LogP contribution < -0.4 is 10.1 Å². The molecule has 1 aromatic carbocycles. The fourth-order valence-corrected chi connectivity index (χ4v) is 2.32. The maximum Gasteiger partial charge on any atom is 0.273 e. The first-order valence-electron chi connectivity index (χ1n) is 7.70. The third-order valence-electron chi connectivity index (χ3n) is 3.68. The molecule has 0 saturated carbocycles. The Labute approximate surface area is 144 Å². The van der Waals surface area contributed by atoms with E-state index in [0.29, 0.717) is 17.4 Å². The standard InChI is InChI=1S/C18H18N2O5/c1-11-16(17(22)19-10-14(21)15-4-3-9-24-15)20-18(25-11)12-5-7-13(23-2)8-6-12/h3-9,14,21H,10H2,1-2H3,(H,19,22). The van der Waals surface area contributed by atoms with E-state index in [0.717, 1.165) is 11.3 Å². The summed E-state index contributed by atoms with van der Waals surface area (Å²) in [5.41, 5.74) is 0.913. The van der Waals surface area contributed by atoms with E-state index in [1.165, 1.54) is 6.26 Å². The van der Waals surface area contributed by atoms with Crippen LogP contribution in [0.2, 0.25) is 0 Å². The number of methoxy groups -OCH3 is 1. The van der Waals surface area contributed by atoms with Crippen molar-refractivity contribution in [2.24, 2.45) is 0 Å². The monoisotopic (exact) mass is 342 g/mol. The van der Waals surface area contributed by atoms with Crippen molar-refractivity contribution in [3.05, 3.63) is 59.9 Å². The number of hydrogen-bond acceptors (Lipinski definition) is 6. The molecule has 0 radical (unpaired) electrons. The lowest BCUT2D eigenvalue weighted by molar-refractivity contribution is 0.0895. The number of nitrogens with zero attached hydrogens (tertiary/aromatic N) is 1. The molecule has 1 amide bonds. The minimum absolute atomic E-state index is 0.0104. The van der Waals surface area contributed by atoms with Gasteiger partial charge in [0.1, 0.15) is 23.4 Å². The number of furan rings is 1. The van der Waals surface area contributed by atoms with E-state index in [-0.39, 0.29) is 12.2 Å². The summed E-state index contributed by atoms with van der Waals surface area (Å²) >= 11 is 0. The summed E-state index contributed by atoms with van der Waals surface area (Å²) in [5, 5.41) is 12.6. The van der Waals surface area contributed by atoms with Crippen molar-refractivity contribution in [1.29, 1.82) is 0 Å². The lowest BCUT2D eigenvalue weighted by Gasteiger charge is -2.08. The fraction of sp³-hybridized carbons (Fsp3) is 0.222. The Morgan fingerprint density at radius 1 is 1.32 bits per heavy atom. The summed E-state index contributed by atoms with van der Waals surface area (Å²) in [5.74, 6) is 1.42. The van der Waals surface area contributed by atoms with Crippen LogP contribution in [0.25, 0.3) is 11.5 Å². The summed E-state index contributed by atoms with van der Waals surface area (Å²) in [6.45, 7) is 1.68. The van der Waals surface area contributed by atoms with Gasteiger partial charge >= 0.3 is 0 Å². The predicted molar refractivity (Wildman–Crippen MR) is 89.2 cm³/mol. The average Bonchev–Trinajstić information content (AvgIpc) is 3.29. The van der Waals surface area contributed by atoms with Crippen molar-refractivity contribution in [2.45, 2.75) is 13.0 Å². The van der Waals surface area contributed by atoms with E-state index in [2.05, 4.69) is 10.3 Å². The number of ether oxygens (including phenoxy) is 1. The molecule has 0 saturated heterocycles. The van der Waals surface area contributed by atoms with Gasteiger partial charge in [0.15, 0.2) is 5.69 Å². The normalized spacial score (nSPS) is 12.0. The molecule has 1 atom stereocenters. The van der Waals surface area contributed by atoms with Gasteiger partial charge in [-0.05, 0) is 43.3 Å². The van der Waals surface area contributed by atoms with Gasteiger partial charge in [-0.1, -0.05) is 0 Å². The third kappa shape index (κ3) is 3.72. The van der Waals surface area contributed by atoms with Crippen molar-refractivity contribution in [1.82, 2.24) is 10.3 Å². The molecule has 7 nitrogen and oxygen atoms in total. The number of carbonyl (C=O) groups excluding carboxylic acids is 1. The second kappa shape index (κ2) is 7.23. The molecule has 0 aliphatic heterocycles. The highest BCUT2D eigenvalue weighted by molar-refractivity contribution is 5.93. The van der Waals surface area contributed by atoms with Gasteiger partial charge in [0.25, 0.3) is 5.91 Å². The Morgan fingerprint density at radius 2 is 2.08 bits per heavy atom. The van der Waals surface area contributed by atoms with E-state index in [1.54, 1.807) is 50.4 Å². The lowest BCUT2D eigenvalue weighted by atomic mass is 10.2. The second-order valence-corrected chi connectivity index (χ2v) is 5.39. The minimum atomic E-state index is -0.924. The highest BCUT2D eigenvalue weighted by atomic mass is 16.5. The Balaban J connectivity index is 1.69. The Hall–Kier alpha value is -3.06. The maximum atomic E-state index is 12.3. The van der Waals surface area contributed by atoms with Crippen LogP contribution in [0.3, 0.4) is 0 Å². The predicted octanol–water partition coefficient (Wildman–Crippen LogP) is 2.72. The smallest absolute Gasteiger partial charge is 0.273 e. The molecule has 7 heteroatoms. The molecule has 0 aliphatic rings. The number of rotatable bonds is 6. The topological polar surface area (TPSA) is 97.7 Å². The van der Waals surface area contributed by atoms with Crippen LogP contribution in [-0.4, -0.2) is 29.7 Å². The Kier molecular flexibility index (Phi) is 4.85. The number of benzene rings is 1. The molecule has 1 unspecified atom stereocenters. The third-order valence-corrected chi connectivity index (χ3v) is 3.68. The lowest BCUT2D eigenvalue weighted by Crippen LogP contribution is -2.29. The summed E-state index contributed by atoms with van der Waals surface area (Å²) in [4.78, 5) is 16.5. The number of oxazole rings is 1. The zero-order valence-electron chi connectivity index (χ0n) is 13.9. The molecular formula is C18H18N2O5. The van der Waals surface area contributed by atoms with Crippen molar-refractivity contribution in [3.8, 4) is 17.2 Å². The van der Waals surface area contributed by atoms with Gasteiger partial charge in [0, 0.05) is 5.56 Å². The first kappa shape index (κ1) is 16.8. The molecule has 0 fully saturated rings. The molecule has 3 rings (SSSR count). The van der Waals surface area contributed by atoms with Gasteiger partial charge in [-0.25, -0.2) is 4.98 Å². The second-order valence-electron chi connectivity index (χ2n) is 5.39. The molecule has 0 aliphatic carbocycles. The molecule has 130 valence electrons. The van der Waals surface area contributed by atoms with Crippen LogP contribution in [-0.2, 0) is 0 Å². The van der Waals surface area contributed by atoms with E-state index >= 15 is 0 Å². The number of amides is 1. The number of hydrogen-bond donors (Lipinski definition) is 2. The molecule has 0 spiro atoms. The number of aliphatic hydroxyl groups excluding tert-OH is 1. The van der Waals surface area contributed by atoms with Crippen molar-refractivity contribution < 1.29 is 23.5 Å². The van der Waals surface area contributed by atoms with E-state index in [1.807, 2.05) is 0 Å². The highest BCUT2D eigenvalue weighted by Crippen LogP contribution is 2.24. The summed E-state index contributed by atoms with van der Waals surface area (Å²) in [6, 6.07) is 10.5. The maximum absolute atomic E-state index is 12.3. The molecule has 2 heterocycles. The minimum Gasteiger partial charge on any atom is -0.497 e. The van der Waals surface area contributed by atoms with Gasteiger partial charge in [0.05, 0.1) is 19.9 Å². The SMILES string of the molecule is COc1ccc(-c2nc(C(=O)NCC(O)c3ccco3)c(C)o2)cc1. The van der Waals surface area contributed by atoms with Crippen LogP contribution in [0, 0.1) is 6.92 Å². The van der Waals surface area contributed by atoms with Crippen molar-refractivity contribution in [3.63, 3.8) is 0 Å². The first-order valence-corrected chi connectivity index (χ1v) is 7.70. The number of carbonyl (C=O) groups is 1. The van der Waals surface area contributed by atoms with Gasteiger partial charge in [0.2, 0.25) is 5.89 Å². The van der Waals surface area contributed by atoms with E-state index in [9.17, 15) is 9.90 Å². The average molecular weight is 342 g/mol. The van der Waals surface area contributed by atoms with Crippen molar-refractivity contribution >= 4 is 5.91 Å². The van der Waals surface area contributed by atoms with Crippen LogP contribution in [0.15, 0.2) is 51.5 Å². The van der Waals surface area contributed by atoms with E-state index in [4.69, 9.17) is 13.6 Å². The van der Waals surface area contributed by atoms with Crippen LogP contribution >= 0.6 is 0 Å². The summed E-state index contributed by atoms with van der Waals surface area (Å²) in [6.07, 6.45) is 0.538. The molecule has 3 aromatic rings. The number of aryl methyl sites for hydroxylation is 1. The zero-order chi connectivity index (χ0) is 17.8. The van der Waals surface area contributed by atoms with E-state index < -0.39 is 12.0 Å². The molecule has 2 N–H and O–H groups in total. The molecular weight excluding hydrogens is 324 g/mol. The summed E-state index contributed by atoms with van der Waals surface area (Å²) < 4.78 is 15.8. The first-order chi connectivity index (χ1) is 12.1. The van der Waals surface area contributed by atoms with Gasteiger partial charge in [-0.15, -0.1) is 0 Å². The highest BCUT2D eigenvalue weighted by Gasteiger charge is 2.19. The Morgan fingerprint density at radius 3 is 2.72 bits per heavy atom. The van der Waals surface area contributed by atoms with Crippen LogP contribution in [0.4, 0.5) is 0 Å². The largest absolute Gasteiger partial charge is 0.497 e. The van der Waals surface area contributed by atoms with Gasteiger partial charge in [-0.3, -0.25) is 4.79 Å². The van der Waals surface area contributed by atoms with Crippen LogP contribution in [0.5, 0.6) is 5.75 Å².